The molecule has 0 spiro atoms. The van der Waals surface area contributed by atoms with Crippen LogP contribution in [0.3, 0.4) is 0 Å². The van der Waals surface area contributed by atoms with Crippen molar-refractivity contribution in [2.75, 3.05) is 16.8 Å². The number of hydrogen-bond donors (Lipinski definition) is 0. The number of para-hydroxylation sites is 3. The molecule has 39 heavy (non-hydrogen) atoms. The summed E-state index contributed by atoms with van der Waals surface area (Å²) >= 11 is 0. The van der Waals surface area contributed by atoms with E-state index in [1.165, 1.54) is 32.5 Å². The van der Waals surface area contributed by atoms with Crippen LogP contribution in [0.5, 0.6) is 0 Å². The summed E-state index contributed by atoms with van der Waals surface area (Å²) in [5.74, 6) is 0.921. The van der Waals surface area contributed by atoms with Gasteiger partial charge in [-0.15, -0.1) is 11.1 Å². The third-order valence-electron chi connectivity index (χ3n) is 7.68. The minimum absolute atomic E-state index is 0. The predicted molar refractivity (Wildman–Crippen MR) is 161 cm³/mol. The van der Waals surface area contributed by atoms with Gasteiger partial charge in [-0.05, 0) is 42.8 Å². The fourth-order valence-corrected chi connectivity index (χ4v) is 7.75. The van der Waals surface area contributed by atoms with E-state index < -0.39 is 8.07 Å². The van der Waals surface area contributed by atoms with E-state index in [1.54, 1.807) is 0 Å². The molecule has 1 aliphatic rings. The first-order chi connectivity index (χ1) is 18.5. The molecule has 6 aromatic rings. The van der Waals surface area contributed by atoms with Crippen LogP contribution in [0.15, 0.2) is 103 Å². The van der Waals surface area contributed by atoms with Gasteiger partial charge in [0.1, 0.15) is 5.82 Å². The minimum Gasteiger partial charge on any atom is -0.504 e. The van der Waals surface area contributed by atoms with E-state index >= 15 is 0 Å². The molecular weight excluding hydrogens is 676 g/mol. The van der Waals surface area contributed by atoms with E-state index in [0.717, 1.165) is 22.5 Å². The molecule has 0 saturated heterocycles. The first-order valence-corrected chi connectivity index (χ1v) is 15.9. The van der Waals surface area contributed by atoms with E-state index in [4.69, 9.17) is 0 Å². The largest absolute Gasteiger partial charge is 0.504 e. The van der Waals surface area contributed by atoms with Gasteiger partial charge in [0, 0.05) is 44.2 Å². The second-order valence-corrected chi connectivity index (χ2v) is 14.7. The Labute approximate surface area is 244 Å². The van der Waals surface area contributed by atoms with Crippen LogP contribution in [-0.4, -0.2) is 24.7 Å². The van der Waals surface area contributed by atoms with Gasteiger partial charge in [-0.25, -0.2) is 4.98 Å². The summed E-state index contributed by atoms with van der Waals surface area (Å²) in [6, 6.07) is 41.7. The molecule has 1 aliphatic heterocycles. The molecule has 3 heterocycles. The Morgan fingerprint density at radius 2 is 1.54 bits per heavy atom. The monoisotopic (exact) mass is 702 g/mol. The van der Waals surface area contributed by atoms with Gasteiger partial charge in [0.25, 0.3) is 0 Å². The standard InChI is InChI=1S/C33H27N4Si.Pt/c1-35-23-36(32-16-7-6-15-31(32)35)24-11-10-12-25(21-24)38(2,3)26-18-19-30-28(22-26)27-13-4-5-14-29(27)37(30)33-17-8-9-20-34-33;/h4-17,19-20,22-23H,1-3H3;/q-3;. The van der Waals surface area contributed by atoms with Crippen molar-refractivity contribution in [1.29, 1.82) is 0 Å². The smallest absolute Gasteiger partial charge is 0.126 e. The van der Waals surface area contributed by atoms with Gasteiger partial charge < -0.3 is 14.4 Å². The van der Waals surface area contributed by atoms with E-state index in [9.17, 15) is 0 Å². The van der Waals surface area contributed by atoms with Crippen LogP contribution >= 0.6 is 0 Å². The van der Waals surface area contributed by atoms with E-state index in [1.807, 2.05) is 18.3 Å². The van der Waals surface area contributed by atoms with Gasteiger partial charge >= 0.3 is 0 Å². The normalized spacial score (nSPS) is 13.1. The number of benzene rings is 4. The Balaban J connectivity index is 0.00000277. The molecule has 0 aliphatic carbocycles. The van der Waals surface area contributed by atoms with E-state index in [0.29, 0.717) is 0 Å². The van der Waals surface area contributed by atoms with Crippen molar-refractivity contribution in [3.05, 3.63) is 122 Å². The summed E-state index contributed by atoms with van der Waals surface area (Å²) in [5, 5.41) is 5.00. The second-order valence-electron chi connectivity index (χ2n) is 10.3. The topological polar surface area (TPSA) is 24.3 Å². The fraction of sp³-hybridized carbons (Fsp3) is 0.0909. The molecule has 2 aromatic heterocycles. The number of anilines is 3. The summed E-state index contributed by atoms with van der Waals surface area (Å²) in [6.07, 6.45) is 1.85. The van der Waals surface area contributed by atoms with Crippen molar-refractivity contribution in [1.82, 2.24) is 9.55 Å². The summed E-state index contributed by atoms with van der Waals surface area (Å²) in [7, 11) is -0.0210. The third kappa shape index (κ3) is 4.12. The molecule has 0 atom stereocenters. The molecule has 0 N–H and O–H groups in total. The number of aromatic nitrogens is 2. The van der Waals surface area contributed by atoms with Gasteiger partial charge in [0.2, 0.25) is 0 Å². The maximum absolute atomic E-state index is 4.65. The number of nitrogens with zero attached hydrogens (tertiary/aromatic N) is 4. The molecule has 4 aromatic carbocycles. The average molecular weight is 703 g/mol. The first-order valence-electron chi connectivity index (χ1n) is 12.9. The molecule has 0 fully saturated rings. The Morgan fingerprint density at radius 3 is 2.36 bits per heavy atom. The molecule has 7 rings (SSSR count). The Morgan fingerprint density at radius 1 is 0.769 bits per heavy atom. The average Bonchev–Trinajstić information content (AvgIpc) is 3.48. The van der Waals surface area contributed by atoms with Crippen molar-refractivity contribution in [3.8, 4) is 5.82 Å². The number of hydrogen-bond acceptors (Lipinski definition) is 3. The van der Waals surface area contributed by atoms with Gasteiger partial charge in [-0.2, -0.15) is 59.5 Å². The van der Waals surface area contributed by atoms with Crippen LogP contribution in [-0.2, 0) is 21.1 Å². The molecule has 6 heteroatoms. The number of rotatable bonds is 4. The molecule has 0 bridgehead atoms. The molecule has 0 amide bonds. The van der Waals surface area contributed by atoms with Crippen LogP contribution in [0.2, 0.25) is 13.1 Å². The van der Waals surface area contributed by atoms with Crippen LogP contribution in [0.25, 0.3) is 27.6 Å². The second kappa shape index (κ2) is 9.82. The van der Waals surface area contributed by atoms with Crippen LogP contribution < -0.4 is 20.2 Å². The minimum atomic E-state index is -2.11. The van der Waals surface area contributed by atoms with E-state index in [-0.39, 0.29) is 21.1 Å². The van der Waals surface area contributed by atoms with Gasteiger partial charge in [0.15, 0.2) is 0 Å². The van der Waals surface area contributed by atoms with Crippen LogP contribution in [0.1, 0.15) is 0 Å². The van der Waals surface area contributed by atoms with Crippen molar-refractivity contribution >= 4 is 57.3 Å². The Hall–Kier alpha value is -3.66. The Bertz CT molecular complexity index is 1810. The molecule has 4 nitrogen and oxygen atoms in total. The first kappa shape index (κ1) is 25.6. The van der Waals surface area contributed by atoms with Crippen LogP contribution in [0, 0.1) is 18.8 Å². The summed E-state index contributed by atoms with van der Waals surface area (Å²) in [5.41, 5.74) is 5.73. The predicted octanol–water partition coefficient (Wildman–Crippen LogP) is 6.31. The maximum Gasteiger partial charge on any atom is 0.126 e. The number of pyridine rings is 1. The van der Waals surface area contributed by atoms with Gasteiger partial charge in [-0.3, -0.25) is 0 Å². The van der Waals surface area contributed by atoms with Crippen LogP contribution in [0.4, 0.5) is 17.1 Å². The van der Waals surface area contributed by atoms with Crippen molar-refractivity contribution < 1.29 is 21.1 Å². The summed E-state index contributed by atoms with van der Waals surface area (Å²) in [4.78, 5) is 9.05. The summed E-state index contributed by atoms with van der Waals surface area (Å²) in [6.45, 7) is 6.93. The Kier molecular flexibility index (Phi) is 6.45. The molecule has 0 unspecified atom stereocenters. The van der Waals surface area contributed by atoms with E-state index in [2.05, 4.69) is 143 Å². The number of fused-ring (bicyclic) bond motifs is 4. The molecular formula is C33H27N4PtSi-3. The molecule has 196 valence electrons. The fourth-order valence-electron chi connectivity index (χ4n) is 5.57. The van der Waals surface area contributed by atoms with Crippen molar-refractivity contribution in [2.45, 2.75) is 13.1 Å². The maximum atomic E-state index is 4.65. The SMILES string of the molecule is CN1[CH-]N(c2[c-]c([Si](C)(C)c3[c-]cc4c(c3)c3ccccc3n4-c3ccccn3)ccc2)c2ccccc21.[Pt]. The zero-order chi connectivity index (χ0) is 25.9. The molecule has 0 saturated carbocycles. The zero-order valence-corrected chi connectivity index (χ0v) is 25.3. The van der Waals surface area contributed by atoms with Crippen molar-refractivity contribution in [2.24, 2.45) is 0 Å². The summed E-state index contributed by atoms with van der Waals surface area (Å²) < 4.78 is 2.24. The quantitative estimate of drug-likeness (QED) is 0.159. The molecule has 0 radical (unpaired) electrons. The van der Waals surface area contributed by atoms with Gasteiger partial charge in [0.05, 0.1) is 8.07 Å². The van der Waals surface area contributed by atoms with Gasteiger partial charge in [-0.1, -0.05) is 55.0 Å². The van der Waals surface area contributed by atoms with Crippen molar-refractivity contribution in [3.63, 3.8) is 0 Å². The third-order valence-corrected chi connectivity index (χ3v) is 11.0. The zero-order valence-electron chi connectivity index (χ0n) is 22.0.